The molecule has 7 nitrogen and oxygen atoms in total. The van der Waals surface area contributed by atoms with E-state index in [1.807, 2.05) is 26.4 Å². The van der Waals surface area contributed by atoms with Gasteiger partial charge in [-0.05, 0) is 46.0 Å². The molecule has 3 rings (SSSR count). The lowest BCUT2D eigenvalue weighted by Crippen LogP contribution is -2.43. The highest BCUT2D eigenvalue weighted by atomic mass is 16.1. The van der Waals surface area contributed by atoms with Crippen molar-refractivity contribution in [2.45, 2.75) is 19.3 Å². The Labute approximate surface area is 148 Å². The number of rotatable bonds is 6. The average Bonchev–Trinajstić information content (AvgIpc) is 2.64. The van der Waals surface area contributed by atoms with Gasteiger partial charge in [-0.15, -0.1) is 0 Å². The molecule has 0 bridgehead atoms. The average molecular weight is 342 g/mol. The summed E-state index contributed by atoms with van der Waals surface area (Å²) in [4.78, 5) is 29.7. The van der Waals surface area contributed by atoms with Gasteiger partial charge in [0.2, 0.25) is 5.91 Å². The minimum atomic E-state index is 0.0330. The molecule has 1 amide bonds. The van der Waals surface area contributed by atoms with Gasteiger partial charge in [-0.25, -0.2) is 9.97 Å². The topological polar surface area (TPSA) is 74.2 Å². The second kappa shape index (κ2) is 8.20. The Bertz CT molecular complexity index is 720. The first-order valence-electron chi connectivity index (χ1n) is 8.87. The molecule has 0 saturated carbocycles. The Morgan fingerprint density at radius 3 is 3.00 bits per heavy atom. The predicted molar refractivity (Wildman–Crippen MR) is 98.5 cm³/mol. The van der Waals surface area contributed by atoms with E-state index >= 15 is 0 Å². The summed E-state index contributed by atoms with van der Waals surface area (Å²) in [6, 6.07) is 2.01. The maximum Gasteiger partial charge on any atom is 0.224 e. The van der Waals surface area contributed by atoms with Crippen molar-refractivity contribution in [3.05, 3.63) is 24.7 Å². The number of amides is 1. The minimum Gasteiger partial charge on any atom is -0.369 e. The van der Waals surface area contributed by atoms with Crippen LogP contribution in [0.25, 0.3) is 11.2 Å². The molecule has 0 aliphatic carbocycles. The van der Waals surface area contributed by atoms with Crippen molar-refractivity contribution in [1.82, 2.24) is 25.2 Å². The summed E-state index contributed by atoms with van der Waals surface area (Å²) in [5.74, 6) is 0.197. The molecule has 134 valence electrons. The molecule has 0 spiro atoms. The molecule has 7 heteroatoms. The van der Waals surface area contributed by atoms with Crippen LogP contribution >= 0.6 is 0 Å². The van der Waals surface area contributed by atoms with Crippen molar-refractivity contribution in [2.24, 2.45) is 5.92 Å². The Balaban J connectivity index is 1.59. The summed E-state index contributed by atoms with van der Waals surface area (Å²) in [7, 11) is 4.09. The van der Waals surface area contributed by atoms with Gasteiger partial charge >= 0.3 is 0 Å². The molecule has 1 N–H and O–H groups in total. The van der Waals surface area contributed by atoms with Crippen molar-refractivity contribution in [1.29, 1.82) is 0 Å². The molecule has 0 aromatic carbocycles. The van der Waals surface area contributed by atoms with E-state index in [9.17, 15) is 4.79 Å². The Hall–Kier alpha value is -2.28. The normalized spacial score (nSPS) is 17.9. The van der Waals surface area contributed by atoms with Crippen LogP contribution in [0, 0.1) is 5.92 Å². The smallest absolute Gasteiger partial charge is 0.224 e. The molecular weight excluding hydrogens is 316 g/mol. The zero-order chi connectivity index (χ0) is 17.6. The third-order valence-corrected chi connectivity index (χ3v) is 4.55. The zero-order valence-corrected chi connectivity index (χ0v) is 15.0. The molecule has 0 radical (unpaired) electrons. The van der Waals surface area contributed by atoms with E-state index in [4.69, 9.17) is 0 Å². The summed E-state index contributed by atoms with van der Waals surface area (Å²) in [5.41, 5.74) is 2.45. The summed E-state index contributed by atoms with van der Waals surface area (Å²) < 4.78 is 0. The number of fused-ring (bicyclic) bond motifs is 1. The number of pyridine rings is 1. The standard InChI is InChI=1S/C18H26N6O/c1-23(2)9-4-6-21-18(25)14-5-3-10-24(13-14)15-11-16-17(22-12-15)20-8-7-19-16/h7-8,11-12,14H,3-6,9-10,13H2,1-2H3,(H,21,25)/t14-/m0/s1. The second-order valence-corrected chi connectivity index (χ2v) is 6.83. The van der Waals surface area contributed by atoms with Crippen LogP contribution in [0.1, 0.15) is 19.3 Å². The van der Waals surface area contributed by atoms with Gasteiger partial charge in [0.05, 0.1) is 17.8 Å². The molecule has 1 aliphatic heterocycles. The number of aromatic nitrogens is 3. The maximum atomic E-state index is 12.4. The zero-order valence-electron chi connectivity index (χ0n) is 15.0. The monoisotopic (exact) mass is 342 g/mol. The number of nitrogens with zero attached hydrogens (tertiary/aromatic N) is 5. The van der Waals surface area contributed by atoms with Gasteiger partial charge in [-0.3, -0.25) is 9.78 Å². The number of carbonyl (C=O) groups excluding carboxylic acids is 1. The number of carbonyl (C=O) groups is 1. The molecule has 1 saturated heterocycles. The first-order valence-corrected chi connectivity index (χ1v) is 8.87. The molecule has 1 fully saturated rings. The summed E-state index contributed by atoms with van der Waals surface area (Å²) in [6.07, 6.45) is 8.07. The van der Waals surface area contributed by atoms with Crippen molar-refractivity contribution in [3.8, 4) is 0 Å². The van der Waals surface area contributed by atoms with Gasteiger partial charge in [-0.1, -0.05) is 0 Å². The molecule has 3 heterocycles. The lowest BCUT2D eigenvalue weighted by Gasteiger charge is -2.33. The van der Waals surface area contributed by atoms with Crippen LogP contribution in [0.15, 0.2) is 24.7 Å². The molecule has 1 aliphatic rings. The van der Waals surface area contributed by atoms with Crippen molar-refractivity contribution in [2.75, 3.05) is 45.2 Å². The van der Waals surface area contributed by atoms with E-state index in [1.165, 1.54) is 0 Å². The molecule has 0 unspecified atom stereocenters. The molecule has 2 aromatic rings. The second-order valence-electron chi connectivity index (χ2n) is 6.83. The van der Waals surface area contributed by atoms with Crippen LogP contribution in [0.2, 0.25) is 0 Å². The Kier molecular flexibility index (Phi) is 5.75. The lowest BCUT2D eigenvalue weighted by molar-refractivity contribution is -0.125. The number of anilines is 1. The van der Waals surface area contributed by atoms with E-state index in [0.29, 0.717) is 5.65 Å². The van der Waals surface area contributed by atoms with Crippen LogP contribution in [-0.4, -0.2) is 66.0 Å². The number of hydrogen-bond acceptors (Lipinski definition) is 6. The van der Waals surface area contributed by atoms with Crippen LogP contribution in [0.5, 0.6) is 0 Å². The summed E-state index contributed by atoms with van der Waals surface area (Å²) in [5, 5.41) is 3.08. The number of hydrogen-bond donors (Lipinski definition) is 1. The van der Waals surface area contributed by atoms with Crippen molar-refractivity contribution >= 4 is 22.8 Å². The van der Waals surface area contributed by atoms with Crippen LogP contribution in [0.3, 0.4) is 0 Å². The highest BCUT2D eigenvalue weighted by Gasteiger charge is 2.26. The SMILES string of the molecule is CN(C)CCCNC(=O)[C@H]1CCCN(c2cnc3nccnc3c2)C1. The van der Waals surface area contributed by atoms with E-state index in [0.717, 1.165) is 56.6 Å². The molecular formula is C18H26N6O. The van der Waals surface area contributed by atoms with E-state index in [-0.39, 0.29) is 11.8 Å². The van der Waals surface area contributed by atoms with E-state index < -0.39 is 0 Å². The Morgan fingerprint density at radius 1 is 1.32 bits per heavy atom. The quantitative estimate of drug-likeness (QED) is 0.798. The summed E-state index contributed by atoms with van der Waals surface area (Å²) >= 11 is 0. The van der Waals surface area contributed by atoms with Gasteiger partial charge in [0.15, 0.2) is 5.65 Å². The fourth-order valence-electron chi connectivity index (χ4n) is 3.20. The fourth-order valence-corrected chi connectivity index (χ4v) is 3.20. The minimum absolute atomic E-state index is 0.0330. The van der Waals surface area contributed by atoms with Gasteiger partial charge in [0, 0.05) is 32.0 Å². The first kappa shape index (κ1) is 17.5. The van der Waals surface area contributed by atoms with E-state index in [1.54, 1.807) is 12.4 Å². The van der Waals surface area contributed by atoms with Gasteiger partial charge in [0.1, 0.15) is 5.52 Å². The van der Waals surface area contributed by atoms with Gasteiger partial charge < -0.3 is 15.1 Å². The molecule has 2 aromatic heterocycles. The highest BCUT2D eigenvalue weighted by molar-refractivity contribution is 5.80. The highest BCUT2D eigenvalue weighted by Crippen LogP contribution is 2.24. The predicted octanol–water partition coefficient (Wildman–Crippen LogP) is 1.31. The van der Waals surface area contributed by atoms with Crippen LogP contribution in [0.4, 0.5) is 5.69 Å². The van der Waals surface area contributed by atoms with Crippen molar-refractivity contribution in [3.63, 3.8) is 0 Å². The van der Waals surface area contributed by atoms with Crippen molar-refractivity contribution < 1.29 is 4.79 Å². The number of piperidine rings is 1. The van der Waals surface area contributed by atoms with Crippen LogP contribution in [-0.2, 0) is 4.79 Å². The van der Waals surface area contributed by atoms with E-state index in [2.05, 4.69) is 30.1 Å². The maximum absolute atomic E-state index is 12.4. The fraction of sp³-hybridized carbons (Fsp3) is 0.556. The van der Waals surface area contributed by atoms with Gasteiger partial charge in [0.25, 0.3) is 0 Å². The third kappa shape index (κ3) is 4.63. The first-order chi connectivity index (χ1) is 12.1. The summed E-state index contributed by atoms with van der Waals surface area (Å²) in [6.45, 7) is 3.40. The number of nitrogens with one attached hydrogen (secondary N) is 1. The lowest BCUT2D eigenvalue weighted by atomic mass is 9.96. The molecule has 1 atom stereocenters. The Morgan fingerprint density at radius 2 is 2.16 bits per heavy atom. The third-order valence-electron chi connectivity index (χ3n) is 4.55. The largest absolute Gasteiger partial charge is 0.369 e. The van der Waals surface area contributed by atoms with Crippen LogP contribution < -0.4 is 10.2 Å². The van der Waals surface area contributed by atoms with Gasteiger partial charge in [-0.2, -0.15) is 0 Å². The molecule has 25 heavy (non-hydrogen) atoms.